The van der Waals surface area contributed by atoms with Crippen LogP contribution in [0, 0.1) is 0 Å². The first-order valence-corrected chi connectivity index (χ1v) is 10.1. The van der Waals surface area contributed by atoms with Crippen LogP contribution in [0.3, 0.4) is 0 Å². The highest BCUT2D eigenvalue weighted by molar-refractivity contribution is 5.95. The zero-order valence-corrected chi connectivity index (χ0v) is 16.7. The molecule has 1 amide bonds. The van der Waals surface area contributed by atoms with Gasteiger partial charge in [-0.1, -0.05) is 44.2 Å². The second-order valence-electron chi connectivity index (χ2n) is 6.88. The van der Waals surface area contributed by atoms with Crippen LogP contribution in [-0.4, -0.2) is 43.7 Å². The minimum Gasteiger partial charge on any atom is -0.490 e. The predicted octanol–water partition coefficient (Wildman–Crippen LogP) is 4.48. The second kappa shape index (κ2) is 10.1. The number of hydrogen-bond donors (Lipinski definition) is 0. The third-order valence-electron chi connectivity index (χ3n) is 4.64. The molecule has 1 saturated heterocycles. The zero-order chi connectivity index (χ0) is 19.8. The summed E-state index contributed by atoms with van der Waals surface area (Å²) >= 11 is 0. The van der Waals surface area contributed by atoms with Crippen LogP contribution < -0.4 is 9.47 Å². The maximum absolute atomic E-state index is 13.1. The number of ether oxygens (including phenoxy) is 3. The van der Waals surface area contributed by atoms with Gasteiger partial charge in [-0.05, 0) is 36.6 Å². The maximum Gasteiger partial charge on any atom is 0.254 e. The Balaban J connectivity index is 1.75. The predicted molar refractivity (Wildman–Crippen MR) is 109 cm³/mol. The highest BCUT2D eigenvalue weighted by Gasteiger charge is 2.26. The first kappa shape index (κ1) is 20.2. The van der Waals surface area contributed by atoms with E-state index in [1.807, 2.05) is 47.4 Å². The van der Waals surface area contributed by atoms with Gasteiger partial charge < -0.3 is 19.1 Å². The van der Waals surface area contributed by atoms with Crippen molar-refractivity contribution in [1.29, 1.82) is 0 Å². The van der Waals surface area contributed by atoms with Gasteiger partial charge in [0, 0.05) is 12.1 Å². The number of morpholine rings is 1. The SMILES string of the molecule is CCCOc1ccc(C(=O)N2CCOC(c3ccccc3)C2)cc1OCCC. The van der Waals surface area contributed by atoms with E-state index in [9.17, 15) is 4.79 Å². The van der Waals surface area contributed by atoms with E-state index in [0.29, 0.717) is 50.0 Å². The van der Waals surface area contributed by atoms with E-state index < -0.39 is 0 Å². The monoisotopic (exact) mass is 383 g/mol. The lowest BCUT2D eigenvalue weighted by molar-refractivity contribution is -0.0228. The van der Waals surface area contributed by atoms with Crippen molar-refractivity contribution >= 4 is 5.91 Å². The molecule has 150 valence electrons. The fourth-order valence-electron chi connectivity index (χ4n) is 3.18. The summed E-state index contributed by atoms with van der Waals surface area (Å²) in [4.78, 5) is 15.0. The van der Waals surface area contributed by atoms with Gasteiger partial charge in [-0.3, -0.25) is 4.79 Å². The Morgan fingerprint density at radius 1 is 1.04 bits per heavy atom. The van der Waals surface area contributed by atoms with Crippen LogP contribution in [0.25, 0.3) is 0 Å². The molecule has 1 fully saturated rings. The van der Waals surface area contributed by atoms with Crippen molar-refractivity contribution in [2.45, 2.75) is 32.8 Å². The molecule has 0 radical (unpaired) electrons. The van der Waals surface area contributed by atoms with E-state index in [1.165, 1.54) is 0 Å². The molecule has 5 nitrogen and oxygen atoms in total. The normalized spacial score (nSPS) is 16.6. The van der Waals surface area contributed by atoms with Crippen LogP contribution in [0.1, 0.15) is 48.7 Å². The third-order valence-corrected chi connectivity index (χ3v) is 4.64. The number of benzene rings is 2. The van der Waals surface area contributed by atoms with Crippen LogP contribution in [0.4, 0.5) is 0 Å². The fourth-order valence-corrected chi connectivity index (χ4v) is 3.18. The van der Waals surface area contributed by atoms with Crippen molar-refractivity contribution in [3.8, 4) is 11.5 Å². The molecule has 0 saturated carbocycles. The molecule has 1 heterocycles. The van der Waals surface area contributed by atoms with Crippen LogP contribution in [0.5, 0.6) is 11.5 Å². The number of carbonyl (C=O) groups is 1. The Bertz CT molecular complexity index is 762. The molecule has 1 aliphatic heterocycles. The van der Waals surface area contributed by atoms with Gasteiger partial charge in [0.05, 0.1) is 26.4 Å². The Morgan fingerprint density at radius 3 is 2.46 bits per heavy atom. The summed E-state index contributed by atoms with van der Waals surface area (Å²) in [5.41, 5.74) is 1.71. The molecule has 0 spiro atoms. The molecule has 0 aliphatic carbocycles. The summed E-state index contributed by atoms with van der Waals surface area (Å²) in [5.74, 6) is 1.32. The van der Waals surface area contributed by atoms with Gasteiger partial charge in [-0.15, -0.1) is 0 Å². The highest BCUT2D eigenvalue weighted by atomic mass is 16.5. The van der Waals surface area contributed by atoms with Gasteiger partial charge in [-0.2, -0.15) is 0 Å². The quantitative estimate of drug-likeness (QED) is 0.674. The van der Waals surface area contributed by atoms with Gasteiger partial charge >= 0.3 is 0 Å². The standard InChI is InChI=1S/C23H29NO4/c1-3-13-26-20-11-10-19(16-21(20)27-14-4-2)23(25)24-12-15-28-22(17-24)18-8-6-5-7-9-18/h5-11,16,22H,3-4,12-15,17H2,1-2H3. The largest absolute Gasteiger partial charge is 0.490 e. The van der Waals surface area contributed by atoms with Crippen molar-refractivity contribution in [3.05, 3.63) is 59.7 Å². The van der Waals surface area contributed by atoms with E-state index in [1.54, 1.807) is 6.07 Å². The third kappa shape index (κ3) is 5.04. The van der Waals surface area contributed by atoms with Crippen molar-refractivity contribution < 1.29 is 19.0 Å². The fraction of sp³-hybridized carbons (Fsp3) is 0.435. The van der Waals surface area contributed by atoms with Crippen molar-refractivity contribution in [2.24, 2.45) is 0 Å². The van der Waals surface area contributed by atoms with Gasteiger partial charge in [0.2, 0.25) is 0 Å². The van der Waals surface area contributed by atoms with E-state index in [2.05, 4.69) is 13.8 Å². The molecule has 1 atom stereocenters. The van der Waals surface area contributed by atoms with E-state index in [-0.39, 0.29) is 12.0 Å². The average Bonchev–Trinajstić information content (AvgIpc) is 2.76. The highest BCUT2D eigenvalue weighted by Crippen LogP contribution is 2.30. The zero-order valence-electron chi connectivity index (χ0n) is 16.7. The summed E-state index contributed by atoms with van der Waals surface area (Å²) in [6, 6.07) is 15.5. The number of hydrogen-bond acceptors (Lipinski definition) is 4. The lowest BCUT2D eigenvalue weighted by atomic mass is 10.1. The molecule has 2 aromatic carbocycles. The summed E-state index contributed by atoms with van der Waals surface area (Å²) in [5, 5.41) is 0. The second-order valence-corrected chi connectivity index (χ2v) is 6.88. The molecule has 1 unspecified atom stereocenters. The first-order valence-electron chi connectivity index (χ1n) is 10.1. The lowest BCUT2D eigenvalue weighted by Gasteiger charge is -2.33. The molecular formula is C23H29NO4. The summed E-state index contributed by atoms with van der Waals surface area (Å²) < 4.78 is 17.5. The lowest BCUT2D eigenvalue weighted by Crippen LogP contribution is -2.42. The van der Waals surface area contributed by atoms with Crippen LogP contribution in [0.15, 0.2) is 48.5 Å². The number of nitrogens with zero attached hydrogens (tertiary/aromatic N) is 1. The number of amides is 1. The Hall–Kier alpha value is -2.53. The van der Waals surface area contributed by atoms with Crippen molar-refractivity contribution in [2.75, 3.05) is 32.9 Å². The molecule has 0 aromatic heterocycles. The van der Waals surface area contributed by atoms with E-state index in [0.717, 1.165) is 18.4 Å². The van der Waals surface area contributed by atoms with Crippen LogP contribution >= 0.6 is 0 Å². The van der Waals surface area contributed by atoms with Gasteiger partial charge in [0.1, 0.15) is 6.10 Å². The molecule has 3 rings (SSSR count). The first-order chi connectivity index (χ1) is 13.7. The number of rotatable bonds is 8. The minimum absolute atomic E-state index is 0.00683. The molecule has 0 bridgehead atoms. The molecule has 5 heteroatoms. The summed E-state index contributed by atoms with van der Waals surface area (Å²) in [6.07, 6.45) is 1.72. The van der Waals surface area contributed by atoms with E-state index in [4.69, 9.17) is 14.2 Å². The Labute approximate surface area is 167 Å². The molecule has 0 N–H and O–H groups in total. The summed E-state index contributed by atoms with van der Waals surface area (Å²) in [7, 11) is 0. The van der Waals surface area contributed by atoms with Gasteiger partial charge in [0.25, 0.3) is 5.91 Å². The molecule has 28 heavy (non-hydrogen) atoms. The minimum atomic E-state index is -0.0955. The van der Waals surface area contributed by atoms with Crippen LogP contribution in [0.2, 0.25) is 0 Å². The van der Waals surface area contributed by atoms with Crippen LogP contribution in [-0.2, 0) is 4.74 Å². The molecule has 1 aliphatic rings. The smallest absolute Gasteiger partial charge is 0.254 e. The topological polar surface area (TPSA) is 48.0 Å². The van der Waals surface area contributed by atoms with Gasteiger partial charge in [0.15, 0.2) is 11.5 Å². The Morgan fingerprint density at radius 2 is 1.75 bits per heavy atom. The average molecular weight is 383 g/mol. The molecular weight excluding hydrogens is 354 g/mol. The maximum atomic E-state index is 13.1. The number of carbonyl (C=O) groups excluding carboxylic acids is 1. The van der Waals surface area contributed by atoms with Crippen molar-refractivity contribution in [1.82, 2.24) is 4.90 Å². The van der Waals surface area contributed by atoms with Crippen molar-refractivity contribution in [3.63, 3.8) is 0 Å². The Kier molecular flexibility index (Phi) is 7.31. The van der Waals surface area contributed by atoms with E-state index >= 15 is 0 Å². The molecule has 2 aromatic rings. The van der Waals surface area contributed by atoms with Gasteiger partial charge in [-0.25, -0.2) is 0 Å². The summed E-state index contributed by atoms with van der Waals surface area (Å²) in [6.45, 7) is 6.99.